The second-order valence-electron chi connectivity index (χ2n) is 5.37. The van der Waals surface area contributed by atoms with Gasteiger partial charge in [-0.15, -0.1) is 0 Å². The Balaban J connectivity index is 2.03. The number of nitrogens with zero attached hydrogens (tertiary/aromatic N) is 2. The maximum atomic E-state index is 12.7. The fourth-order valence-electron chi connectivity index (χ4n) is 2.21. The molecule has 0 radical (unpaired) electrons. The van der Waals surface area contributed by atoms with Crippen molar-refractivity contribution in [3.8, 4) is 0 Å². The summed E-state index contributed by atoms with van der Waals surface area (Å²) in [5.74, 6) is -0.121. The van der Waals surface area contributed by atoms with Gasteiger partial charge >= 0.3 is 0 Å². The number of nitrogens with one attached hydrogen (secondary N) is 1. The molecule has 0 aliphatic carbocycles. The predicted octanol–water partition coefficient (Wildman–Crippen LogP) is 3.71. The molecule has 0 spiro atoms. The maximum Gasteiger partial charge on any atom is 0.254 e. The van der Waals surface area contributed by atoms with E-state index in [2.05, 4.69) is 37.9 Å². The average Bonchev–Trinajstić information content (AvgIpc) is 3.07. The summed E-state index contributed by atoms with van der Waals surface area (Å²) in [6, 6.07) is 8.67. The van der Waals surface area contributed by atoms with Gasteiger partial charge in [0, 0.05) is 22.6 Å². The number of aromatic nitrogens is 1. The highest BCUT2D eigenvalue weighted by molar-refractivity contribution is 9.10. The van der Waals surface area contributed by atoms with Crippen molar-refractivity contribution in [3.05, 3.63) is 46.6 Å². The molecule has 24 heavy (non-hydrogen) atoms. The van der Waals surface area contributed by atoms with Crippen LogP contribution in [0.25, 0.3) is 0 Å². The van der Waals surface area contributed by atoms with Crippen molar-refractivity contribution in [2.75, 3.05) is 18.4 Å². The molecule has 0 unspecified atom stereocenters. The first-order valence-electron chi connectivity index (χ1n) is 7.85. The van der Waals surface area contributed by atoms with Crippen molar-refractivity contribution in [1.29, 1.82) is 0 Å². The van der Waals surface area contributed by atoms with Crippen LogP contribution in [0.5, 0.6) is 0 Å². The zero-order valence-electron chi connectivity index (χ0n) is 13.5. The van der Waals surface area contributed by atoms with Crippen LogP contribution in [0.3, 0.4) is 0 Å². The molecule has 0 atom stereocenters. The average molecular weight is 394 g/mol. The molecule has 7 heteroatoms. The van der Waals surface area contributed by atoms with Crippen LogP contribution in [-0.4, -0.2) is 35.0 Å². The lowest BCUT2D eigenvalue weighted by molar-refractivity contribution is -0.117. The zero-order valence-corrected chi connectivity index (χ0v) is 15.1. The minimum atomic E-state index is -0.300. The number of amides is 2. The molecule has 2 aromatic rings. The Hall–Kier alpha value is -2.15. The van der Waals surface area contributed by atoms with E-state index in [0.717, 1.165) is 23.7 Å². The van der Waals surface area contributed by atoms with E-state index in [1.54, 1.807) is 23.1 Å². The molecule has 0 aliphatic rings. The van der Waals surface area contributed by atoms with Crippen LogP contribution in [0.1, 0.15) is 36.5 Å². The number of anilines is 1. The van der Waals surface area contributed by atoms with E-state index in [4.69, 9.17) is 0 Å². The molecule has 0 saturated carbocycles. The molecule has 6 nitrogen and oxygen atoms in total. The van der Waals surface area contributed by atoms with E-state index in [9.17, 15) is 9.59 Å². The molecule has 2 rings (SSSR count). The summed E-state index contributed by atoms with van der Waals surface area (Å²) in [6.45, 7) is 2.61. The Labute approximate surface area is 149 Å². The van der Waals surface area contributed by atoms with Crippen LogP contribution in [0, 0.1) is 0 Å². The van der Waals surface area contributed by atoms with Crippen LogP contribution in [0.4, 0.5) is 5.82 Å². The van der Waals surface area contributed by atoms with Gasteiger partial charge < -0.3 is 14.7 Å². The van der Waals surface area contributed by atoms with Crippen LogP contribution < -0.4 is 5.32 Å². The number of hydrogen-bond donors (Lipinski definition) is 1. The molecule has 1 heterocycles. The second kappa shape index (κ2) is 9.22. The molecule has 128 valence electrons. The van der Waals surface area contributed by atoms with Gasteiger partial charge in [-0.05, 0) is 30.7 Å². The summed E-state index contributed by atoms with van der Waals surface area (Å²) in [5, 5.41) is 6.25. The van der Waals surface area contributed by atoms with Crippen molar-refractivity contribution in [2.45, 2.75) is 26.2 Å². The first-order valence-corrected chi connectivity index (χ1v) is 8.64. The van der Waals surface area contributed by atoms with E-state index in [0.29, 0.717) is 17.9 Å². The van der Waals surface area contributed by atoms with Gasteiger partial charge in [0.25, 0.3) is 5.91 Å². The molecular weight excluding hydrogens is 374 g/mol. The lowest BCUT2D eigenvalue weighted by Crippen LogP contribution is -2.38. The third-order valence-electron chi connectivity index (χ3n) is 3.45. The number of hydrogen-bond acceptors (Lipinski definition) is 4. The number of carbonyl (C=O) groups excluding carboxylic acids is 2. The highest BCUT2D eigenvalue weighted by Gasteiger charge is 2.19. The lowest BCUT2D eigenvalue weighted by Gasteiger charge is -2.22. The second-order valence-corrected chi connectivity index (χ2v) is 6.29. The number of halogens is 1. The highest BCUT2D eigenvalue weighted by atomic mass is 79.9. The number of rotatable bonds is 8. The topological polar surface area (TPSA) is 75.4 Å². The summed E-state index contributed by atoms with van der Waals surface area (Å²) in [6.07, 6.45) is 4.29. The van der Waals surface area contributed by atoms with Gasteiger partial charge in [0.1, 0.15) is 12.8 Å². The number of benzene rings is 1. The summed E-state index contributed by atoms with van der Waals surface area (Å²) < 4.78 is 5.58. The molecule has 1 aromatic heterocycles. The molecule has 2 amide bonds. The zero-order chi connectivity index (χ0) is 17.4. The van der Waals surface area contributed by atoms with Crippen LogP contribution in [-0.2, 0) is 4.79 Å². The lowest BCUT2D eigenvalue weighted by atomic mass is 10.1. The van der Waals surface area contributed by atoms with E-state index < -0.39 is 0 Å². The number of unbranched alkanes of at least 4 members (excludes halogenated alkanes) is 2. The fraction of sp³-hybridized carbons (Fsp3) is 0.353. The van der Waals surface area contributed by atoms with Gasteiger partial charge in [-0.1, -0.05) is 40.9 Å². The Bertz CT molecular complexity index is 656. The summed E-state index contributed by atoms with van der Waals surface area (Å²) >= 11 is 3.35. The first-order chi connectivity index (χ1) is 11.6. The molecule has 1 N–H and O–H groups in total. The minimum absolute atomic E-state index is 0.0223. The van der Waals surface area contributed by atoms with Crippen LogP contribution in [0.2, 0.25) is 0 Å². The van der Waals surface area contributed by atoms with Crippen molar-refractivity contribution >= 4 is 33.6 Å². The predicted molar refractivity (Wildman–Crippen MR) is 94.7 cm³/mol. The van der Waals surface area contributed by atoms with Crippen molar-refractivity contribution < 1.29 is 14.1 Å². The van der Waals surface area contributed by atoms with E-state index in [-0.39, 0.29) is 18.4 Å². The van der Waals surface area contributed by atoms with Gasteiger partial charge in [0.05, 0.1) is 0 Å². The fourth-order valence-corrected chi connectivity index (χ4v) is 2.48. The SMILES string of the molecule is CCCCCN(CC(=O)Nc1ccon1)C(=O)c1ccc(Br)cc1. The molecule has 0 saturated heterocycles. The van der Waals surface area contributed by atoms with E-state index in [1.807, 2.05) is 12.1 Å². The maximum absolute atomic E-state index is 12.7. The van der Waals surface area contributed by atoms with E-state index >= 15 is 0 Å². The smallest absolute Gasteiger partial charge is 0.254 e. The Morgan fingerprint density at radius 3 is 2.58 bits per heavy atom. The van der Waals surface area contributed by atoms with Crippen LogP contribution in [0.15, 0.2) is 45.6 Å². The standard InChI is InChI=1S/C17H20BrN3O3/c1-2-3-4-10-21(12-16(22)19-15-9-11-24-20-15)17(23)13-5-7-14(18)8-6-13/h5-9,11H,2-4,10,12H2,1H3,(H,19,20,22). The molecule has 0 fully saturated rings. The van der Waals surface area contributed by atoms with Gasteiger partial charge in [0.2, 0.25) is 5.91 Å². The third-order valence-corrected chi connectivity index (χ3v) is 3.98. The molecule has 1 aromatic carbocycles. The quantitative estimate of drug-likeness (QED) is 0.693. The van der Waals surface area contributed by atoms with Crippen molar-refractivity contribution in [1.82, 2.24) is 10.1 Å². The largest absolute Gasteiger partial charge is 0.363 e. The van der Waals surface area contributed by atoms with Crippen molar-refractivity contribution in [2.24, 2.45) is 0 Å². The van der Waals surface area contributed by atoms with Crippen LogP contribution >= 0.6 is 15.9 Å². The Kier molecular flexibility index (Phi) is 6.99. The molecular formula is C17H20BrN3O3. The van der Waals surface area contributed by atoms with Gasteiger partial charge in [-0.25, -0.2) is 0 Å². The number of carbonyl (C=O) groups is 2. The summed E-state index contributed by atoms with van der Waals surface area (Å²) in [5.41, 5.74) is 0.559. The highest BCUT2D eigenvalue weighted by Crippen LogP contribution is 2.13. The minimum Gasteiger partial charge on any atom is -0.363 e. The Morgan fingerprint density at radius 1 is 1.21 bits per heavy atom. The van der Waals surface area contributed by atoms with Gasteiger partial charge in [0.15, 0.2) is 5.82 Å². The van der Waals surface area contributed by atoms with Gasteiger partial charge in [-0.2, -0.15) is 0 Å². The van der Waals surface area contributed by atoms with E-state index in [1.165, 1.54) is 6.26 Å². The first kappa shape index (κ1) is 18.2. The Morgan fingerprint density at radius 2 is 1.96 bits per heavy atom. The van der Waals surface area contributed by atoms with Gasteiger partial charge in [-0.3, -0.25) is 9.59 Å². The summed E-state index contributed by atoms with van der Waals surface area (Å²) in [7, 11) is 0. The molecule has 0 aliphatic heterocycles. The molecule has 0 bridgehead atoms. The van der Waals surface area contributed by atoms with Crippen molar-refractivity contribution in [3.63, 3.8) is 0 Å². The summed E-state index contributed by atoms with van der Waals surface area (Å²) in [4.78, 5) is 26.4. The third kappa shape index (κ3) is 5.49. The normalized spacial score (nSPS) is 10.4. The monoisotopic (exact) mass is 393 g/mol.